The minimum absolute atomic E-state index is 0. The molecule has 128 valence electrons. The van der Waals surface area contributed by atoms with E-state index in [0.717, 1.165) is 0 Å². The van der Waals surface area contributed by atoms with Gasteiger partial charge in [-0.25, -0.2) is 0 Å². The minimum Gasteiger partial charge on any atom is -0.790 e. The van der Waals surface area contributed by atoms with Gasteiger partial charge in [-0.3, -0.25) is 0 Å². The van der Waals surface area contributed by atoms with Crippen LogP contribution >= 0.6 is 7.82 Å². The van der Waals surface area contributed by atoms with Crippen molar-refractivity contribution in [2.45, 2.75) is 30.7 Å². The summed E-state index contributed by atoms with van der Waals surface area (Å²) in [6, 6.07) is 0. The number of hydrogen-bond donors (Lipinski definition) is 4. The third-order valence-corrected chi connectivity index (χ3v) is 2.55. The van der Waals surface area contributed by atoms with Crippen molar-refractivity contribution < 1.29 is 125 Å². The number of aliphatic hydroxyl groups excluding tert-OH is 4. The Labute approximate surface area is 169 Å². The zero-order chi connectivity index (χ0) is 12.5. The molecule has 1 heterocycles. The summed E-state index contributed by atoms with van der Waals surface area (Å²) in [5.74, 6) is 0. The van der Waals surface area contributed by atoms with Gasteiger partial charge in [-0.2, -0.15) is 0 Å². The minimum atomic E-state index is -5.41. The fourth-order valence-electron chi connectivity index (χ4n) is 1.28. The Hall–Kier alpha value is 1.75. The molecule has 0 amide bonds. The number of phosphoric ester groups is 1. The maximum atomic E-state index is 10.3. The van der Waals surface area contributed by atoms with E-state index in [0.29, 0.717) is 0 Å². The molecule has 0 unspecified atom stereocenters. The largest absolute Gasteiger partial charge is 1.00 e. The second-order valence-corrected chi connectivity index (χ2v) is 4.36. The summed E-state index contributed by atoms with van der Waals surface area (Å²) < 4.78 is 18.7. The Morgan fingerprint density at radius 2 is 1.36 bits per heavy atom. The summed E-state index contributed by atoms with van der Waals surface area (Å²) in [6.07, 6.45) is -8.61. The SMILES string of the molecule is O.O.O.O.O=P([O-])([O-])O[C@H]1O[C@H](CO)[C@@H](O)[C@H](O)[C@H]1O.[Na+].[Na+]. The number of phosphoric acid groups is 1. The molecule has 0 saturated carbocycles. The van der Waals surface area contributed by atoms with Gasteiger partial charge in [0.15, 0.2) is 6.29 Å². The van der Waals surface area contributed by atoms with Crippen LogP contribution in [0.5, 0.6) is 0 Å². The topological polar surface area (TPSA) is 289 Å². The summed E-state index contributed by atoms with van der Waals surface area (Å²) in [5.41, 5.74) is 0. The molecular weight excluding hydrogens is 357 g/mol. The van der Waals surface area contributed by atoms with Gasteiger partial charge in [-0.15, -0.1) is 0 Å². The van der Waals surface area contributed by atoms with E-state index < -0.39 is 45.1 Å². The van der Waals surface area contributed by atoms with Gasteiger partial charge in [0, 0.05) is 0 Å². The molecule has 13 nitrogen and oxygen atoms in total. The molecule has 0 aromatic rings. The van der Waals surface area contributed by atoms with Crippen molar-refractivity contribution in [1.82, 2.24) is 0 Å². The van der Waals surface area contributed by atoms with Crippen LogP contribution in [0.25, 0.3) is 0 Å². The molecule has 0 bridgehead atoms. The Bertz CT molecular complexity index is 288. The van der Waals surface area contributed by atoms with E-state index in [4.69, 9.17) is 5.11 Å². The fourth-order valence-corrected chi connectivity index (χ4v) is 1.71. The van der Waals surface area contributed by atoms with Crippen LogP contribution in [0.3, 0.4) is 0 Å². The molecule has 22 heavy (non-hydrogen) atoms. The first-order chi connectivity index (χ1) is 7.26. The van der Waals surface area contributed by atoms with Crippen LogP contribution in [0.1, 0.15) is 0 Å². The number of aliphatic hydroxyl groups is 4. The van der Waals surface area contributed by atoms with Crippen molar-refractivity contribution in [3.63, 3.8) is 0 Å². The Morgan fingerprint density at radius 1 is 0.955 bits per heavy atom. The van der Waals surface area contributed by atoms with Gasteiger partial charge in [-0.1, -0.05) is 0 Å². The van der Waals surface area contributed by atoms with E-state index in [1.165, 1.54) is 0 Å². The van der Waals surface area contributed by atoms with Gasteiger partial charge in [-0.05, 0) is 0 Å². The van der Waals surface area contributed by atoms with Crippen molar-refractivity contribution in [3.05, 3.63) is 0 Å². The first-order valence-electron chi connectivity index (χ1n) is 4.27. The zero-order valence-corrected chi connectivity index (χ0v) is 16.8. The average Bonchev–Trinajstić information content (AvgIpc) is 2.17. The molecule has 0 radical (unpaired) electrons. The molecule has 1 aliphatic heterocycles. The van der Waals surface area contributed by atoms with Crippen molar-refractivity contribution in [2.24, 2.45) is 0 Å². The summed E-state index contributed by atoms with van der Waals surface area (Å²) in [4.78, 5) is 20.6. The molecule has 1 saturated heterocycles. The van der Waals surface area contributed by atoms with Crippen molar-refractivity contribution in [1.29, 1.82) is 0 Å². The van der Waals surface area contributed by atoms with Crippen LogP contribution in [-0.4, -0.2) is 79.6 Å². The molecule has 5 atom stereocenters. The van der Waals surface area contributed by atoms with E-state index in [1.807, 2.05) is 0 Å². The average molecular weight is 376 g/mol. The predicted molar refractivity (Wildman–Crippen MR) is 56.9 cm³/mol. The molecule has 1 rings (SSSR count). The van der Waals surface area contributed by atoms with Crippen LogP contribution < -0.4 is 68.9 Å². The van der Waals surface area contributed by atoms with E-state index in [-0.39, 0.29) is 81.0 Å². The van der Waals surface area contributed by atoms with Crippen LogP contribution in [0.4, 0.5) is 0 Å². The van der Waals surface area contributed by atoms with E-state index >= 15 is 0 Å². The number of rotatable bonds is 3. The molecule has 12 N–H and O–H groups in total. The van der Waals surface area contributed by atoms with Gasteiger partial charge in [0.05, 0.1) is 14.4 Å². The third kappa shape index (κ3) is 11.3. The second-order valence-electron chi connectivity index (χ2n) is 3.25. The smallest absolute Gasteiger partial charge is 0.790 e. The van der Waals surface area contributed by atoms with Gasteiger partial charge < -0.3 is 65.9 Å². The van der Waals surface area contributed by atoms with Gasteiger partial charge in [0.2, 0.25) is 0 Å². The molecule has 0 aromatic carbocycles. The third-order valence-electron chi connectivity index (χ3n) is 2.08. The van der Waals surface area contributed by atoms with E-state index in [2.05, 4.69) is 9.26 Å². The van der Waals surface area contributed by atoms with E-state index in [1.54, 1.807) is 0 Å². The maximum absolute atomic E-state index is 10.3. The fraction of sp³-hybridized carbons (Fsp3) is 1.00. The van der Waals surface area contributed by atoms with Gasteiger partial charge >= 0.3 is 59.1 Å². The molecule has 1 fully saturated rings. The zero-order valence-electron chi connectivity index (χ0n) is 11.9. The normalized spacial score (nSPS) is 29.8. The summed E-state index contributed by atoms with van der Waals surface area (Å²) in [5, 5.41) is 36.5. The molecule has 0 spiro atoms. The predicted octanol–water partition coefficient (Wildman–Crippen LogP) is -13.7. The first kappa shape index (κ1) is 39.0. The quantitative estimate of drug-likeness (QED) is 0.268. The standard InChI is InChI=1S/C6H13O9P.2Na.4H2O/c7-1-2-3(8)4(9)5(10)6(14-2)15-16(11,12)13;;;;;;/h2-10H,1H2,(H2,11,12,13);;;4*1H2/q;2*+1;;;;/p-2/t2-,3-,4+,5-,6-;;;;;;/m1....../s1. The number of hydrogen-bond acceptors (Lipinski definition) is 9. The Kier molecular flexibility index (Phi) is 28.8. The Balaban J connectivity index is -0.000000107. The molecule has 0 aromatic heterocycles. The summed E-state index contributed by atoms with van der Waals surface area (Å²) in [6.45, 7) is -0.743. The van der Waals surface area contributed by atoms with Crippen LogP contribution in [0.15, 0.2) is 0 Å². The summed E-state index contributed by atoms with van der Waals surface area (Å²) in [7, 11) is -5.41. The van der Waals surface area contributed by atoms with Crippen molar-refractivity contribution in [3.8, 4) is 0 Å². The molecule has 0 aliphatic carbocycles. The molecule has 16 heteroatoms. The summed E-state index contributed by atoms with van der Waals surface area (Å²) >= 11 is 0. The monoisotopic (exact) mass is 376 g/mol. The van der Waals surface area contributed by atoms with E-state index in [9.17, 15) is 29.7 Å². The number of ether oxygens (including phenoxy) is 1. The van der Waals surface area contributed by atoms with Crippen LogP contribution in [-0.2, 0) is 13.8 Å². The van der Waals surface area contributed by atoms with Gasteiger partial charge in [0.25, 0.3) is 0 Å². The van der Waals surface area contributed by atoms with Crippen LogP contribution in [0.2, 0.25) is 0 Å². The maximum Gasteiger partial charge on any atom is 1.00 e. The Morgan fingerprint density at radius 3 is 1.68 bits per heavy atom. The second kappa shape index (κ2) is 16.2. The molecule has 1 aliphatic rings. The molecular formula is C6H19Na2O13P. The van der Waals surface area contributed by atoms with Crippen molar-refractivity contribution >= 4 is 7.82 Å². The van der Waals surface area contributed by atoms with Crippen molar-refractivity contribution in [2.75, 3.05) is 6.61 Å². The van der Waals surface area contributed by atoms with Crippen LogP contribution in [0, 0.1) is 0 Å². The van der Waals surface area contributed by atoms with Gasteiger partial charge in [0.1, 0.15) is 24.4 Å². The first-order valence-corrected chi connectivity index (χ1v) is 5.73.